The number of carbonyl (C=O) groups excluding carboxylic acids is 1. The highest BCUT2D eigenvalue weighted by Crippen LogP contribution is 2.29. The summed E-state index contributed by atoms with van der Waals surface area (Å²) < 4.78 is 10.4. The molecule has 1 fully saturated rings. The minimum absolute atomic E-state index is 0.0995. The largest absolute Gasteiger partial charge is 0.508 e. The third kappa shape index (κ3) is 4.50. The number of aryl methyl sites for hydroxylation is 1. The summed E-state index contributed by atoms with van der Waals surface area (Å²) in [6.07, 6.45) is 0. The van der Waals surface area contributed by atoms with Gasteiger partial charge in [0, 0.05) is 54.8 Å². The van der Waals surface area contributed by atoms with Crippen molar-refractivity contribution in [1.82, 2.24) is 9.80 Å². The normalized spacial score (nSPS) is 16.2. The molecule has 32 heavy (non-hydrogen) atoms. The second-order valence-electron chi connectivity index (χ2n) is 7.97. The summed E-state index contributed by atoms with van der Waals surface area (Å²) in [5.41, 5.74) is 2.23. The summed E-state index contributed by atoms with van der Waals surface area (Å²) >= 11 is 6.00. The molecule has 168 valence electrons. The maximum absolute atomic E-state index is 12.5. The smallest absolute Gasteiger partial charge is 0.336 e. The molecule has 1 atom stereocenters. The molecular formula is C24H25ClN2O5. The average molecular weight is 457 g/mol. The van der Waals surface area contributed by atoms with Gasteiger partial charge in [0.05, 0.1) is 7.11 Å². The minimum atomic E-state index is -0.491. The topological polar surface area (TPSA) is 83.2 Å². The quantitative estimate of drug-likeness (QED) is 0.464. The Labute approximate surface area is 190 Å². The summed E-state index contributed by atoms with van der Waals surface area (Å²) in [5.74, 6) is -0.204. The number of hydrogen-bond acceptors (Lipinski definition) is 7. The molecule has 3 aromatic rings. The van der Waals surface area contributed by atoms with E-state index in [1.807, 2.05) is 12.1 Å². The molecule has 0 radical (unpaired) electrons. The Kier molecular flexibility index (Phi) is 6.50. The van der Waals surface area contributed by atoms with Crippen molar-refractivity contribution in [3.05, 3.63) is 74.6 Å². The average Bonchev–Trinajstić information content (AvgIpc) is 2.79. The molecule has 1 unspecified atom stereocenters. The van der Waals surface area contributed by atoms with Gasteiger partial charge in [-0.05, 0) is 42.3 Å². The van der Waals surface area contributed by atoms with Gasteiger partial charge in [-0.2, -0.15) is 0 Å². The predicted molar refractivity (Wildman–Crippen MR) is 122 cm³/mol. The summed E-state index contributed by atoms with van der Waals surface area (Å²) in [6.45, 7) is 5.08. The second kappa shape index (κ2) is 9.32. The summed E-state index contributed by atoms with van der Waals surface area (Å²) in [6, 6.07) is 11.7. The number of piperazine rings is 1. The van der Waals surface area contributed by atoms with Crippen molar-refractivity contribution < 1.29 is 19.1 Å². The SMILES string of the molecule is COC(=O)C(c1ccc(Cl)cc1)N1CCN(Cc2cc(=O)oc3c(C)c(O)ccc23)CC1. The molecule has 0 saturated carbocycles. The zero-order valence-electron chi connectivity index (χ0n) is 18.0. The third-order valence-electron chi connectivity index (χ3n) is 5.99. The molecule has 2 aromatic carbocycles. The van der Waals surface area contributed by atoms with E-state index in [2.05, 4.69) is 9.80 Å². The van der Waals surface area contributed by atoms with E-state index in [0.717, 1.165) is 29.6 Å². The molecule has 0 bridgehead atoms. The Hall–Kier alpha value is -2.87. The number of aromatic hydroxyl groups is 1. The first-order valence-corrected chi connectivity index (χ1v) is 10.8. The number of ether oxygens (including phenoxy) is 1. The molecule has 7 nitrogen and oxygen atoms in total. The van der Waals surface area contributed by atoms with Crippen molar-refractivity contribution in [2.75, 3.05) is 33.3 Å². The number of nitrogens with zero attached hydrogens (tertiary/aromatic N) is 2. The molecule has 2 heterocycles. The summed E-state index contributed by atoms with van der Waals surface area (Å²) in [5, 5.41) is 11.4. The molecule has 1 saturated heterocycles. The van der Waals surface area contributed by atoms with Crippen LogP contribution in [-0.4, -0.2) is 54.2 Å². The molecule has 1 aromatic heterocycles. The fourth-order valence-corrected chi connectivity index (χ4v) is 4.35. The van der Waals surface area contributed by atoms with Crippen LogP contribution in [0.15, 0.2) is 51.7 Å². The fourth-order valence-electron chi connectivity index (χ4n) is 4.22. The van der Waals surface area contributed by atoms with Crippen LogP contribution in [0.5, 0.6) is 5.75 Å². The molecular weight excluding hydrogens is 432 g/mol. The van der Waals surface area contributed by atoms with E-state index in [0.29, 0.717) is 35.8 Å². The first-order chi connectivity index (χ1) is 15.4. The maximum atomic E-state index is 12.5. The van der Waals surface area contributed by atoms with E-state index in [4.69, 9.17) is 20.8 Å². The number of hydrogen-bond donors (Lipinski definition) is 1. The lowest BCUT2D eigenvalue weighted by Crippen LogP contribution is -2.49. The van der Waals surface area contributed by atoms with Crippen LogP contribution in [0.3, 0.4) is 0 Å². The zero-order chi connectivity index (χ0) is 22.8. The number of carbonyl (C=O) groups is 1. The first-order valence-electron chi connectivity index (χ1n) is 10.4. The van der Waals surface area contributed by atoms with Crippen LogP contribution in [0.25, 0.3) is 11.0 Å². The number of benzene rings is 2. The van der Waals surface area contributed by atoms with Gasteiger partial charge in [0.25, 0.3) is 0 Å². The van der Waals surface area contributed by atoms with Crippen LogP contribution < -0.4 is 5.63 Å². The minimum Gasteiger partial charge on any atom is -0.508 e. The summed E-state index contributed by atoms with van der Waals surface area (Å²) in [7, 11) is 1.40. The highest BCUT2D eigenvalue weighted by atomic mass is 35.5. The van der Waals surface area contributed by atoms with Crippen molar-refractivity contribution in [1.29, 1.82) is 0 Å². The van der Waals surface area contributed by atoms with Crippen molar-refractivity contribution >= 4 is 28.5 Å². The number of methoxy groups -OCH3 is 1. The predicted octanol–water partition coefficient (Wildman–Crippen LogP) is 3.49. The van der Waals surface area contributed by atoms with Gasteiger partial charge in [-0.3, -0.25) is 9.80 Å². The Morgan fingerprint density at radius 3 is 2.50 bits per heavy atom. The van der Waals surface area contributed by atoms with Gasteiger partial charge in [0.2, 0.25) is 0 Å². The van der Waals surface area contributed by atoms with Gasteiger partial charge in [-0.25, -0.2) is 9.59 Å². The van der Waals surface area contributed by atoms with Crippen molar-refractivity contribution in [2.24, 2.45) is 0 Å². The van der Waals surface area contributed by atoms with Gasteiger partial charge < -0.3 is 14.3 Å². The number of halogens is 1. The molecule has 1 N–H and O–H groups in total. The number of phenols is 1. The van der Waals surface area contributed by atoms with Gasteiger partial charge >= 0.3 is 11.6 Å². The molecule has 4 rings (SSSR count). The molecule has 0 aliphatic carbocycles. The lowest BCUT2D eigenvalue weighted by atomic mass is 10.0. The summed E-state index contributed by atoms with van der Waals surface area (Å²) in [4.78, 5) is 29.0. The molecule has 8 heteroatoms. The molecule has 1 aliphatic heterocycles. The molecule has 1 aliphatic rings. The van der Waals surface area contributed by atoms with Gasteiger partial charge in [0.15, 0.2) is 0 Å². The lowest BCUT2D eigenvalue weighted by molar-refractivity contribution is -0.148. The standard InChI is InChI=1S/C24H25ClN2O5/c1-15-20(28)8-7-19-17(13-21(29)32-23(15)19)14-26-9-11-27(12-10-26)22(24(30)31-2)16-3-5-18(25)6-4-16/h3-8,13,22,28H,9-12,14H2,1-2H3. The van der Waals surface area contributed by atoms with Crippen LogP contribution in [0.2, 0.25) is 5.02 Å². The number of esters is 1. The van der Waals surface area contributed by atoms with Gasteiger partial charge in [-0.1, -0.05) is 23.7 Å². The van der Waals surface area contributed by atoms with Crippen LogP contribution in [-0.2, 0) is 16.1 Å². The van der Waals surface area contributed by atoms with E-state index in [9.17, 15) is 14.7 Å². The molecule has 0 amide bonds. The second-order valence-corrected chi connectivity index (χ2v) is 8.40. The molecule has 0 spiro atoms. The third-order valence-corrected chi connectivity index (χ3v) is 6.25. The van der Waals surface area contributed by atoms with E-state index >= 15 is 0 Å². The van der Waals surface area contributed by atoms with E-state index < -0.39 is 11.7 Å². The van der Waals surface area contributed by atoms with Crippen LogP contribution in [0, 0.1) is 6.92 Å². The fraction of sp³-hybridized carbons (Fsp3) is 0.333. The highest BCUT2D eigenvalue weighted by Gasteiger charge is 2.31. The van der Waals surface area contributed by atoms with Gasteiger partial charge in [-0.15, -0.1) is 0 Å². The highest BCUT2D eigenvalue weighted by molar-refractivity contribution is 6.30. The number of fused-ring (bicyclic) bond motifs is 1. The van der Waals surface area contributed by atoms with E-state index in [1.165, 1.54) is 13.2 Å². The maximum Gasteiger partial charge on any atom is 0.336 e. The van der Waals surface area contributed by atoms with Crippen LogP contribution >= 0.6 is 11.6 Å². The Morgan fingerprint density at radius 1 is 1.16 bits per heavy atom. The zero-order valence-corrected chi connectivity index (χ0v) is 18.8. The van der Waals surface area contributed by atoms with Gasteiger partial charge in [0.1, 0.15) is 17.4 Å². The monoisotopic (exact) mass is 456 g/mol. The lowest BCUT2D eigenvalue weighted by Gasteiger charge is -2.38. The Balaban J connectivity index is 1.51. The van der Waals surface area contributed by atoms with E-state index in [-0.39, 0.29) is 11.7 Å². The van der Waals surface area contributed by atoms with Crippen molar-refractivity contribution in [3.63, 3.8) is 0 Å². The van der Waals surface area contributed by atoms with E-state index in [1.54, 1.807) is 31.2 Å². The Bertz CT molecular complexity index is 1180. The van der Waals surface area contributed by atoms with Crippen molar-refractivity contribution in [2.45, 2.75) is 19.5 Å². The van der Waals surface area contributed by atoms with Crippen molar-refractivity contribution in [3.8, 4) is 5.75 Å². The number of phenolic OH excluding ortho intramolecular Hbond substituents is 1. The van der Waals surface area contributed by atoms with Crippen LogP contribution in [0.4, 0.5) is 0 Å². The van der Waals surface area contributed by atoms with Crippen LogP contribution in [0.1, 0.15) is 22.7 Å². The first kappa shape index (κ1) is 22.3. The Morgan fingerprint density at radius 2 is 1.84 bits per heavy atom. The number of rotatable bonds is 5.